The molecule has 0 radical (unpaired) electrons. The molecule has 1 saturated heterocycles. The largest absolute Gasteiger partial charge is 0.481 e. The zero-order valence-electron chi connectivity index (χ0n) is 15.7. The molecule has 2 amide bonds. The van der Waals surface area contributed by atoms with E-state index in [1.165, 1.54) is 0 Å². The summed E-state index contributed by atoms with van der Waals surface area (Å²) in [4.78, 5) is 25.3. The summed E-state index contributed by atoms with van der Waals surface area (Å²) in [7, 11) is 0. The van der Waals surface area contributed by atoms with Gasteiger partial charge in [0, 0.05) is 32.2 Å². The molecule has 1 aliphatic rings. The number of carboxylic acids is 1. The zero-order valence-corrected chi connectivity index (χ0v) is 15.7. The number of ether oxygens (including phenoxy) is 1. The second-order valence-electron chi connectivity index (χ2n) is 7.35. The van der Waals surface area contributed by atoms with Gasteiger partial charge in [0.1, 0.15) is 0 Å². The number of urea groups is 1. The molecule has 2 atom stereocenters. The summed E-state index contributed by atoms with van der Waals surface area (Å²) in [5.74, 6) is -0.371. The first-order valence-corrected chi connectivity index (χ1v) is 9.36. The van der Waals surface area contributed by atoms with E-state index in [0.717, 1.165) is 12.0 Å². The Kier molecular flexibility index (Phi) is 7.91. The van der Waals surface area contributed by atoms with Crippen molar-refractivity contribution in [1.29, 1.82) is 0 Å². The van der Waals surface area contributed by atoms with Crippen molar-refractivity contribution in [2.75, 3.05) is 19.7 Å². The lowest BCUT2D eigenvalue weighted by Gasteiger charge is -2.23. The van der Waals surface area contributed by atoms with Gasteiger partial charge in [-0.25, -0.2) is 4.79 Å². The molecule has 1 fully saturated rings. The molecule has 1 aromatic carbocycles. The summed E-state index contributed by atoms with van der Waals surface area (Å²) < 4.78 is 5.82. The maximum absolute atomic E-state index is 12.6. The number of benzene rings is 1. The summed E-state index contributed by atoms with van der Waals surface area (Å²) in [5, 5.41) is 12.0. The molecule has 2 unspecified atom stereocenters. The number of aliphatic carboxylic acids is 1. The van der Waals surface area contributed by atoms with Crippen LogP contribution in [0.2, 0.25) is 0 Å². The number of carbonyl (C=O) groups excluding carboxylic acids is 1. The number of likely N-dealkylation sites (tertiary alicyclic amines) is 1. The van der Waals surface area contributed by atoms with Crippen molar-refractivity contribution in [3.8, 4) is 0 Å². The normalized spacial score (nSPS) is 18.1. The van der Waals surface area contributed by atoms with E-state index in [1.807, 2.05) is 30.3 Å². The van der Waals surface area contributed by atoms with Gasteiger partial charge >= 0.3 is 12.0 Å². The first kappa shape index (κ1) is 20.2. The van der Waals surface area contributed by atoms with Crippen molar-refractivity contribution >= 4 is 12.0 Å². The Labute approximate surface area is 155 Å². The lowest BCUT2D eigenvalue weighted by molar-refractivity contribution is -0.137. The highest BCUT2D eigenvalue weighted by molar-refractivity contribution is 5.75. The molecule has 0 aliphatic carbocycles. The highest BCUT2D eigenvalue weighted by atomic mass is 16.5. The third-order valence-corrected chi connectivity index (χ3v) is 4.46. The molecule has 6 heteroatoms. The van der Waals surface area contributed by atoms with Crippen LogP contribution in [-0.4, -0.2) is 53.8 Å². The topological polar surface area (TPSA) is 78.9 Å². The summed E-state index contributed by atoms with van der Waals surface area (Å²) in [5.41, 5.74) is 1.09. The molecule has 6 nitrogen and oxygen atoms in total. The Balaban J connectivity index is 1.87. The van der Waals surface area contributed by atoms with Crippen LogP contribution in [0.4, 0.5) is 4.79 Å². The second-order valence-corrected chi connectivity index (χ2v) is 7.35. The molecule has 2 N–H and O–H groups in total. The van der Waals surface area contributed by atoms with Gasteiger partial charge in [-0.1, -0.05) is 44.2 Å². The van der Waals surface area contributed by atoms with E-state index in [1.54, 1.807) is 4.90 Å². The molecule has 1 heterocycles. The molecule has 26 heavy (non-hydrogen) atoms. The minimum atomic E-state index is -0.847. The van der Waals surface area contributed by atoms with Crippen LogP contribution in [0.1, 0.15) is 38.7 Å². The smallest absolute Gasteiger partial charge is 0.317 e. The average molecular weight is 362 g/mol. The van der Waals surface area contributed by atoms with Crippen molar-refractivity contribution in [2.24, 2.45) is 5.92 Å². The van der Waals surface area contributed by atoms with Crippen molar-refractivity contribution in [3.63, 3.8) is 0 Å². The minimum absolute atomic E-state index is 0.0396. The fourth-order valence-electron chi connectivity index (χ4n) is 3.06. The Morgan fingerprint density at radius 2 is 2.04 bits per heavy atom. The third-order valence-electron chi connectivity index (χ3n) is 4.46. The SMILES string of the molecule is CC(C)COC1CCN(C(=O)NC(CCC(=O)O)Cc2ccccc2)C1. The van der Waals surface area contributed by atoms with E-state index < -0.39 is 5.97 Å². The van der Waals surface area contributed by atoms with E-state index in [9.17, 15) is 9.59 Å². The van der Waals surface area contributed by atoms with Gasteiger partial charge in [-0.05, 0) is 30.7 Å². The summed E-state index contributed by atoms with van der Waals surface area (Å²) in [6, 6.07) is 9.49. The van der Waals surface area contributed by atoms with Crippen LogP contribution in [0.5, 0.6) is 0 Å². The number of carbonyl (C=O) groups is 2. The molecule has 0 saturated carbocycles. The molecule has 144 valence electrons. The number of rotatable bonds is 9. The summed E-state index contributed by atoms with van der Waals surface area (Å²) in [6.45, 7) is 6.18. The van der Waals surface area contributed by atoms with Crippen molar-refractivity contribution in [3.05, 3.63) is 35.9 Å². The zero-order chi connectivity index (χ0) is 18.9. The Morgan fingerprint density at radius 3 is 2.69 bits per heavy atom. The first-order chi connectivity index (χ1) is 12.4. The van der Waals surface area contributed by atoms with Crippen LogP contribution >= 0.6 is 0 Å². The quantitative estimate of drug-likeness (QED) is 0.708. The number of hydrogen-bond acceptors (Lipinski definition) is 3. The average Bonchev–Trinajstić information content (AvgIpc) is 3.08. The monoisotopic (exact) mass is 362 g/mol. The Morgan fingerprint density at radius 1 is 1.31 bits per heavy atom. The molecular weight excluding hydrogens is 332 g/mol. The van der Waals surface area contributed by atoms with Crippen molar-refractivity contribution < 1.29 is 19.4 Å². The molecule has 1 aliphatic heterocycles. The number of hydrogen-bond donors (Lipinski definition) is 2. The van der Waals surface area contributed by atoms with E-state index in [2.05, 4.69) is 19.2 Å². The standard InChI is InChI=1S/C20H30N2O4/c1-15(2)14-26-18-10-11-22(13-18)20(25)21-17(8-9-19(23)24)12-16-6-4-3-5-7-16/h3-7,15,17-18H,8-14H2,1-2H3,(H,21,25)(H,23,24). The van der Waals surface area contributed by atoms with Crippen LogP contribution in [-0.2, 0) is 16.0 Å². The van der Waals surface area contributed by atoms with Gasteiger partial charge in [0.15, 0.2) is 0 Å². The van der Waals surface area contributed by atoms with Gasteiger partial charge in [0.2, 0.25) is 0 Å². The van der Waals surface area contributed by atoms with Crippen molar-refractivity contribution in [2.45, 2.75) is 51.7 Å². The molecular formula is C20H30N2O4. The predicted molar refractivity (Wildman–Crippen MR) is 100 cm³/mol. The van der Waals surface area contributed by atoms with E-state index in [4.69, 9.17) is 9.84 Å². The van der Waals surface area contributed by atoms with Gasteiger partial charge in [0.05, 0.1) is 6.10 Å². The summed E-state index contributed by atoms with van der Waals surface area (Å²) >= 11 is 0. The van der Waals surface area contributed by atoms with Crippen LogP contribution in [0.25, 0.3) is 0 Å². The van der Waals surface area contributed by atoms with E-state index >= 15 is 0 Å². The highest BCUT2D eigenvalue weighted by Crippen LogP contribution is 2.15. The van der Waals surface area contributed by atoms with Crippen LogP contribution in [0, 0.1) is 5.92 Å². The highest BCUT2D eigenvalue weighted by Gasteiger charge is 2.28. The van der Waals surface area contributed by atoms with E-state index in [0.29, 0.717) is 38.5 Å². The number of amides is 2. The van der Waals surface area contributed by atoms with Gasteiger partial charge in [-0.3, -0.25) is 4.79 Å². The Hall–Kier alpha value is -2.08. The third kappa shape index (κ3) is 7.04. The predicted octanol–water partition coefficient (Wildman–Crippen LogP) is 2.92. The van der Waals surface area contributed by atoms with Crippen molar-refractivity contribution in [1.82, 2.24) is 10.2 Å². The second kappa shape index (κ2) is 10.2. The lowest BCUT2D eigenvalue weighted by atomic mass is 10.0. The van der Waals surface area contributed by atoms with Gasteiger partial charge in [-0.2, -0.15) is 0 Å². The molecule has 2 rings (SSSR count). The number of carboxylic acid groups (broad SMARTS) is 1. The lowest BCUT2D eigenvalue weighted by Crippen LogP contribution is -2.45. The maximum atomic E-state index is 12.6. The molecule has 1 aromatic rings. The van der Waals surface area contributed by atoms with Crippen LogP contribution in [0.3, 0.4) is 0 Å². The van der Waals surface area contributed by atoms with E-state index in [-0.39, 0.29) is 24.6 Å². The summed E-state index contributed by atoms with van der Waals surface area (Å²) in [6.07, 6.45) is 2.02. The maximum Gasteiger partial charge on any atom is 0.317 e. The number of nitrogens with zero attached hydrogens (tertiary/aromatic N) is 1. The molecule has 0 aromatic heterocycles. The van der Waals surface area contributed by atoms with Gasteiger partial charge in [0.25, 0.3) is 0 Å². The fraction of sp³-hybridized carbons (Fsp3) is 0.600. The fourth-order valence-corrected chi connectivity index (χ4v) is 3.06. The first-order valence-electron chi connectivity index (χ1n) is 9.36. The minimum Gasteiger partial charge on any atom is -0.481 e. The molecule has 0 bridgehead atoms. The molecule has 0 spiro atoms. The van der Waals surface area contributed by atoms with Gasteiger partial charge in [-0.15, -0.1) is 0 Å². The van der Waals surface area contributed by atoms with Crippen LogP contribution in [0.15, 0.2) is 30.3 Å². The Bertz CT molecular complexity index is 576. The van der Waals surface area contributed by atoms with Gasteiger partial charge < -0.3 is 20.1 Å². The van der Waals surface area contributed by atoms with Crippen LogP contribution < -0.4 is 5.32 Å². The number of nitrogens with one attached hydrogen (secondary N) is 1.